The van der Waals surface area contributed by atoms with Crippen molar-refractivity contribution in [3.8, 4) is 0 Å². The summed E-state index contributed by atoms with van der Waals surface area (Å²) in [5, 5.41) is 13.5. The number of nitro benzene ring substituents is 1. The molecule has 0 aromatic heterocycles. The van der Waals surface area contributed by atoms with Crippen molar-refractivity contribution in [3.63, 3.8) is 0 Å². The number of carbonyl (C=O) groups is 2. The Bertz CT molecular complexity index is 897. The van der Waals surface area contributed by atoms with Gasteiger partial charge in [-0.3, -0.25) is 14.9 Å². The Morgan fingerprint density at radius 1 is 1.14 bits per heavy atom. The lowest BCUT2D eigenvalue weighted by molar-refractivity contribution is -0.385. The fourth-order valence-corrected chi connectivity index (χ4v) is 2.66. The van der Waals surface area contributed by atoms with Crippen LogP contribution >= 0.6 is 0 Å². The number of para-hydroxylation sites is 1. The first-order valence-electron chi connectivity index (χ1n) is 8.37. The van der Waals surface area contributed by atoms with Gasteiger partial charge in [0.2, 0.25) is 5.91 Å². The van der Waals surface area contributed by atoms with Crippen molar-refractivity contribution in [2.24, 2.45) is 0 Å². The molecule has 2 aromatic rings. The Labute approximate surface area is 163 Å². The Hall–Kier alpha value is -3.43. The van der Waals surface area contributed by atoms with Gasteiger partial charge in [-0.15, -0.1) is 0 Å². The van der Waals surface area contributed by atoms with E-state index >= 15 is 0 Å². The third-order valence-corrected chi connectivity index (χ3v) is 4.08. The second-order valence-corrected chi connectivity index (χ2v) is 6.10. The van der Waals surface area contributed by atoms with Crippen LogP contribution in [0.2, 0.25) is 0 Å². The SMILES string of the molecule is COC(=O)[C@H](Cc1ccccc1[N+](=O)[O-])NC(=O)Cc1ccc(C(F)(F)F)cc1. The Morgan fingerprint density at radius 3 is 2.31 bits per heavy atom. The number of rotatable bonds is 7. The molecule has 0 aliphatic carbocycles. The number of nitrogens with one attached hydrogen (secondary N) is 1. The van der Waals surface area contributed by atoms with Crippen LogP contribution in [0.5, 0.6) is 0 Å². The molecule has 0 radical (unpaired) electrons. The average Bonchev–Trinajstić information content (AvgIpc) is 2.66. The molecule has 29 heavy (non-hydrogen) atoms. The van der Waals surface area contributed by atoms with E-state index in [9.17, 15) is 32.9 Å². The molecule has 1 amide bonds. The molecule has 0 saturated carbocycles. The third kappa shape index (κ3) is 6.03. The van der Waals surface area contributed by atoms with Crippen molar-refractivity contribution in [1.29, 1.82) is 0 Å². The van der Waals surface area contributed by atoms with Gasteiger partial charge >= 0.3 is 12.1 Å². The van der Waals surface area contributed by atoms with E-state index in [0.717, 1.165) is 31.4 Å². The first-order chi connectivity index (χ1) is 13.6. The van der Waals surface area contributed by atoms with Gasteiger partial charge in [0.05, 0.1) is 24.0 Å². The lowest BCUT2D eigenvalue weighted by Crippen LogP contribution is -2.43. The van der Waals surface area contributed by atoms with Gasteiger partial charge in [0, 0.05) is 18.1 Å². The van der Waals surface area contributed by atoms with Gasteiger partial charge in [-0.1, -0.05) is 30.3 Å². The van der Waals surface area contributed by atoms with Crippen molar-refractivity contribution in [3.05, 3.63) is 75.3 Å². The van der Waals surface area contributed by atoms with Crippen LogP contribution in [-0.4, -0.2) is 30.0 Å². The number of benzene rings is 2. The molecule has 10 heteroatoms. The van der Waals surface area contributed by atoms with Gasteiger partial charge in [-0.2, -0.15) is 13.2 Å². The highest BCUT2D eigenvalue weighted by Gasteiger charge is 2.30. The summed E-state index contributed by atoms with van der Waals surface area (Å²) in [6.45, 7) is 0. The van der Waals surface area contributed by atoms with Crippen molar-refractivity contribution >= 4 is 17.6 Å². The summed E-state index contributed by atoms with van der Waals surface area (Å²) < 4.78 is 42.4. The van der Waals surface area contributed by atoms with E-state index < -0.39 is 34.6 Å². The molecule has 154 valence electrons. The Balaban J connectivity index is 2.11. The summed E-state index contributed by atoms with van der Waals surface area (Å²) in [5.74, 6) is -1.44. The summed E-state index contributed by atoms with van der Waals surface area (Å²) >= 11 is 0. The maximum atomic E-state index is 12.6. The third-order valence-electron chi connectivity index (χ3n) is 4.08. The van der Waals surface area contributed by atoms with E-state index in [1.807, 2.05) is 0 Å². The minimum absolute atomic E-state index is 0.178. The van der Waals surface area contributed by atoms with Crippen LogP contribution < -0.4 is 5.32 Å². The molecule has 1 N–H and O–H groups in total. The molecule has 7 nitrogen and oxygen atoms in total. The van der Waals surface area contributed by atoms with Gasteiger partial charge in [0.15, 0.2) is 0 Å². The molecule has 0 unspecified atom stereocenters. The predicted molar refractivity (Wildman–Crippen MR) is 95.9 cm³/mol. The molecule has 2 aromatic carbocycles. The zero-order valence-electron chi connectivity index (χ0n) is 15.2. The lowest BCUT2D eigenvalue weighted by Gasteiger charge is -2.17. The maximum absolute atomic E-state index is 12.6. The smallest absolute Gasteiger partial charge is 0.416 e. The highest BCUT2D eigenvalue weighted by molar-refractivity contribution is 5.86. The van der Waals surface area contributed by atoms with Gasteiger partial charge in [-0.25, -0.2) is 4.79 Å². The van der Waals surface area contributed by atoms with E-state index in [2.05, 4.69) is 10.1 Å². The van der Waals surface area contributed by atoms with E-state index in [4.69, 9.17) is 0 Å². The minimum atomic E-state index is -4.48. The molecule has 0 fully saturated rings. The second kappa shape index (κ2) is 9.18. The van der Waals surface area contributed by atoms with Crippen molar-refractivity contribution in [2.75, 3.05) is 7.11 Å². The van der Waals surface area contributed by atoms with Crippen molar-refractivity contribution in [1.82, 2.24) is 5.32 Å². The van der Waals surface area contributed by atoms with Crippen LogP contribution in [0, 0.1) is 10.1 Å². The number of ether oxygens (including phenoxy) is 1. The molecule has 1 atom stereocenters. The summed E-state index contributed by atoms with van der Waals surface area (Å²) in [4.78, 5) is 34.8. The van der Waals surface area contributed by atoms with E-state index in [-0.39, 0.29) is 24.1 Å². The van der Waals surface area contributed by atoms with Crippen LogP contribution in [0.15, 0.2) is 48.5 Å². The lowest BCUT2D eigenvalue weighted by atomic mass is 10.0. The van der Waals surface area contributed by atoms with Crippen LogP contribution in [0.1, 0.15) is 16.7 Å². The largest absolute Gasteiger partial charge is 0.467 e. The summed E-state index contributed by atoms with van der Waals surface area (Å²) in [6.07, 6.45) is -4.94. The molecule has 0 heterocycles. The monoisotopic (exact) mass is 410 g/mol. The van der Waals surface area contributed by atoms with Crippen LogP contribution in [-0.2, 0) is 33.3 Å². The molecule has 0 bridgehead atoms. The molecular formula is C19H17F3N2O5. The first kappa shape index (κ1) is 21.9. The Kier molecular flexibility index (Phi) is 6.92. The van der Waals surface area contributed by atoms with Gasteiger partial charge < -0.3 is 10.1 Å². The van der Waals surface area contributed by atoms with Gasteiger partial charge in [0.1, 0.15) is 6.04 Å². The number of carbonyl (C=O) groups excluding carboxylic acids is 2. The molecule has 2 rings (SSSR count). The Morgan fingerprint density at radius 2 is 1.76 bits per heavy atom. The quantitative estimate of drug-likeness (QED) is 0.430. The second-order valence-electron chi connectivity index (χ2n) is 6.10. The fourth-order valence-electron chi connectivity index (χ4n) is 2.66. The number of alkyl halides is 3. The topological polar surface area (TPSA) is 98.5 Å². The molecule has 0 spiro atoms. The van der Waals surface area contributed by atoms with E-state index in [1.54, 1.807) is 6.07 Å². The number of esters is 1. The highest BCUT2D eigenvalue weighted by atomic mass is 19.4. The number of halogens is 3. The van der Waals surface area contributed by atoms with Gasteiger partial charge in [0.25, 0.3) is 5.69 Å². The van der Waals surface area contributed by atoms with Crippen molar-refractivity contribution < 1.29 is 32.4 Å². The number of hydrogen-bond acceptors (Lipinski definition) is 5. The average molecular weight is 410 g/mol. The van der Waals surface area contributed by atoms with E-state index in [1.165, 1.54) is 18.2 Å². The molecular weight excluding hydrogens is 393 g/mol. The first-order valence-corrected chi connectivity index (χ1v) is 8.37. The van der Waals surface area contributed by atoms with Crippen LogP contribution in [0.4, 0.5) is 18.9 Å². The summed E-state index contributed by atoms with van der Waals surface area (Å²) in [7, 11) is 1.11. The molecule has 0 saturated heterocycles. The number of hydrogen-bond donors (Lipinski definition) is 1. The normalized spacial score (nSPS) is 12.1. The molecule has 0 aliphatic heterocycles. The number of nitro groups is 1. The number of methoxy groups -OCH3 is 1. The standard InChI is InChI=1S/C19H17F3N2O5/c1-29-18(26)15(11-13-4-2-3-5-16(13)24(27)28)23-17(25)10-12-6-8-14(9-7-12)19(20,21)22/h2-9,15H,10-11H2,1H3,(H,23,25)/t15-/m0/s1. The van der Waals surface area contributed by atoms with Crippen LogP contribution in [0.25, 0.3) is 0 Å². The number of nitrogens with zero attached hydrogens (tertiary/aromatic N) is 1. The maximum Gasteiger partial charge on any atom is 0.416 e. The summed E-state index contributed by atoms with van der Waals surface area (Å²) in [5.41, 5.74) is -0.517. The fraction of sp³-hybridized carbons (Fsp3) is 0.263. The number of amides is 1. The zero-order valence-corrected chi connectivity index (χ0v) is 15.2. The van der Waals surface area contributed by atoms with Crippen LogP contribution in [0.3, 0.4) is 0 Å². The summed E-state index contributed by atoms with van der Waals surface area (Å²) in [6, 6.07) is 8.60. The van der Waals surface area contributed by atoms with Crippen molar-refractivity contribution in [2.45, 2.75) is 25.1 Å². The molecule has 0 aliphatic rings. The highest BCUT2D eigenvalue weighted by Crippen LogP contribution is 2.29. The minimum Gasteiger partial charge on any atom is -0.467 e. The van der Waals surface area contributed by atoms with Gasteiger partial charge in [-0.05, 0) is 17.7 Å². The zero-order chi connectivity index (χ0) is 21.6. The van der Waals surface area contributed by atoms with E-state index in [0.29, 0.717) is 5.56 Å². The predicted octanol–water partition coefficient (Wildman–Crippen LogP) is 3.06.